The predicted molar refractivity (Wildman–Crippen MR) is 113 cm³/mol. The van der Waals surface area contributed by atoms with Crippen LogP contribution in [0.15, 0.2) is 59.7 Å². The molecule has 0 unspecified atom stereocenters. The van der Waals surface area contributed by atoms with Crippen LogP contribution in [0.1, 0.15) is 24.5 Å². The molecule has 0 N–H and O–H groups in total. The summed E-state index contributed by atoms with van der Waals surface area (Å²) in [7, 11) is 1.53. The van der Waals surface area contributed by atoms with Gasteiger partial charge in [-0.3, -0.25) is 4.79 Å². The Balaban J connectivity index is 1.48. The quantitative estimate of drug-likeness (QED) is 0.627. The molecule has 30 heavy (non-hydrogen) atoms. The second kappa shape index (κ2) is 10.2. The van der Waals surface area contributed by atoms with E-state index in [9.17, 15) is 9.59 Å². The fourth-order valence-electron chi connectivity index (χ4n) is 2.97. The van der Waals surface area contributed by atoms with Crippen LogP contribution in [0, 0.1) is 0 Å². The molecule has 0 aromatic heterocycles. The number of hydrogen-bond acceptors (Lipinski definition) is 6. The average Bonchev–Trinajstić information content (AvgIpc) is 3.27. The molecule has 0 spiro atoms. The van der Waals surface area contributed by atoms with Gasteiger partial charge in [-0.05, 0) is 30.2 Å². The van der Waals surface area contributed by atoms with Crippen molar-refractivity contribution in [2.24, 2.45) is 5.10 Å². The first kappa shape index (κ1) is 21.1. The van der Waals surface area contributed by atoms with E-state index in [1.807, 2.05) is 55.5 Å². The van der Waals surface area contributed by atoms with Crippen LogP contribution in [0.4, 0.5) is 0 Å². The van der Waals surface area contributed by atoms with Crippen molar-refractivity contribution in [1.29, 1.82) is 0 Å². The minimum Gasteiger partial charge on any atom is -0.493 e. The lowest BCUT2D eigenvalue weighted by Gasteiger charge is -2.13. The van der Waals surface area contributed by atoms with Gasteiger partial charge in [0.05, 0.1) is 19.4 Å². The highest BCUT2D eigenvalue weighted by Crippen LogP contribution is 2.28. The third-order valence-electron chi connectivity index (χ3n) is 4.45. The summed E-state index contributed by atoms with van der Waals surface area (Å²) >= 11 is 0. The number of allylic oxidation sites excluding steroid dienone is 1. The number of benzene rings is 2. The average molecular weight is 408 g/mol. The van der Waals surface area contributed by atoms with Crippen LogP contribution in [0.3, 0.4) is 0 Å². The first-order chi connectivity index (χ1) is 14.6. The SMILES string of the molecule is C/C=C/c1ccc(OCC(=O)OCC(=O)N2CCC(c3ccccc3)=N2)c(OC)c1. The van der Waals surface area contributed by atoms with Crippen LogP contribution < -0.4 is 9.47 Å². The number of methoxy groups -OCH3 is 1. The molecule has 1 aliphatic heterocycles. The van der Waals surface area contributed by atoms with Gasteiger partial charge in [0.2, 0.25) is 0 Å². The number of esters is 1. The van der Waals surface area contributed by atoms with E-state index in [0.717, 1.165) is 16.8 Å². The zero-order valence-corrected chi connectivity index (χ0v) is 17.0. The summed E-state index contributed by atoms with van der Waals surface area (Å²) in [6.07, 6.45) is 4.50. The normalized spacial score (nSPS) is 13.3. The Morgan fingerprint density at radius 3 is 2.63 bits per heavy atom. The summed E-state index contributed by atoms with van der Waals surface area (Å²) in [6.45, 7) is 1.67. The molecule has 156 valence electrons. The third kappa shape index (κ3) is 5.47. The molecule has 7 heteroatoms. The first-order valence-electron chi connectivity index (χ1n) is 9.63. The highest BCUT2D eigenvalue weighted by molar-refractivity contribution is 6.02. The molecule has 0 aliphatic carbocycles. The lowest BCUT2D eigenvalue weighted by atomic mass is 10.1. The molecule has 2 aromatic carbocycles. The Hall–Kier alpha value is -3.61. The minimum absolute atomic E-state index is 0.328. The fourth-order valence-corrected chi connectivity index (χ4v) is 2.97. The summed E-state index contributed by atoms with van der Waals surface area (Å²) in [5, 5.41) is 5.66. The standard InChI is InChI=1S/C23H24N2O5/c1-3-7-17-10-11-20(21(14-17)28-2)29-16-23(27)30-15-22(26)25-13-12-19(24-25)18-8-5-4-6-9-18/h3-11,14H,12-13,15-16H2,1-2H3/b7-3+. The van der Waals surface area contributed by atoms with Crippen molar-refractivity contribution in [3.63, 3.8) is 0 Å². The monoisotopic (exact) mass is 408 g/mol. The molecule has 1 heterocycles. The van der Waals surface area contributed by atoms with Crippen LogP contribution in [0.2, 0.25) is 0 Å². The highest BCUT2D eigenvalue weighted by Gasteiger charge is 2.22. The van der Waals surface area contributed by atoms with Crippen molar-refractivity contribution in [2.45, 2.75) is 13.3 Å². The fraction of sp³-hybridized carbons (Fsp3) is 0.261. The lowest BCUT2D eigenvalue weighted by Crippen LogP contribution is -2.29. The van der Waals surface area contributed by atoms with Crippen LogP contribution in [-0.2, 0) is 14.3 Å². The molecule has 0 fully saturated rings. The van der Waals surface area contributed by atoms with Gasteiger partial charge in [0.15, 0.2) is 24.7 Å². The maximum atomic E-state index is 12.3. The Morgan fingerprint density at radius 2 is 1.90 bits per heavy atom. The number of carbonyl (C=O) groups excluding carboxylic acids is 2. The Labute approximate surface area is 175 Å². The largest absolute Gasteiger partial charge is 0.493 e. The summed E-state index contributed by atoms with van der Waals surface area (Å²) in [4.78, 5) is 24.3. The van der Waals surface area contributed by atoms with Gasteiger partial charge in [-0.2, -0.15) is 5.10 Å². The number of amides is 1. The molecular weight excluding hydrogens is 384 g/mol. The van der Waals surface area contributed by atoms with Gasteiger partial charge >= 0.3 is 5.97 Å². The van der Waals surface area contributed by atoms with E-state index in [2.05, 4.69) is 5.10 Å². The van der Waals surface area contributed by atoms with Crippen molar-refractivity contribution in [3.8, 4) is 11.5 Å². The van der Waals surface area contributed by atoms with Gasteiger partial charge in [-0.25, -0.2) is 9.80 Å². The Kier molecular flexibility index (Phi) is 7.21. The van der Waals surface area contributed by atoms with Crippen LogP contribution in [0.5, 0.6) is 11.5 Å². The van der Waals surface area contributed by atoms with E-state index in [0.29, 0.717) is 24.5 Å². The Morgan fingerprint density at radius 1 is 1.10 bits per heavy atom. The number of nitrogens with zero attached hydrogens (tertiary/aromatic N) is 2. The first-order valence-corrected chi connectivity index (χ1v) is 9.63. The molecule has 0 saturated heterocycles. The minimum atomic E-state index is -0.644. The van der Waals surface area contributed by atoms with E-state index in [4.69, 9.17) is 14.2 Å². The smallest absolute Gasteiger partial charge is 0.344 e. The van der Waals surface area contributed by atoms with E-state index in [-0.39, 0.29) is 19.1 Å². The lowest BCUT2D eigenvalue weighted by molar-refractivity contribution is -0.153. The Bertz CT molecular complexity index is 953. The number of hydrogen-bond donors (Lipinski definition) is 0. The van der Waals surface area contributed by atoms with Crippen molar-refractivity contribution in [1.82, 2.24) is 5.01 Å². The second-order valence-corrected chi connectivity index (χ2v) is 6.54. The van der Waals surface area contributed by atoms with Crippen molar-refractivity contribution < 1.29 is 23.8 Å². The van der Waals surface area contributed by atoms with Crippen molar-refractivity contribution >= 4 is 23.7 Å². The topological polar surface area (TPSA) is 77.4 Å². The molecule has 1 aliphatic rings. The van der Waals surface area contributed by atoms with E-state index >= 15 is 0 Å². The molecule has 0 bridgehead atoms. The molecule has 0 radical (unpaired) electrons. The number of rotatable bonds is 8. The third-order valence-corrected chi connectivity index (χ3v) is 4.45. The molecule has 3 rings (SSSR count). The molecule has 1 amide bonds. The molecule has 0 saturated carbocycles. The number of ether oxygens (including phenoxy) is 3. The zero-order chi connectivity index (χ0) is 21.3. The van der Waals surface area contributed by atoms with Gasteiger partial charge in [0, 0.05) is 6.42 Å². The van der Waals surface area contributed by atoms with Gasteiger partial charge < -0.3 is 14.2 Å². The van der Waals surface area contributed by atoms with Crippen LogP contribution >= 0.6 is 0 Å². The number of hydrazone groups is 1. The van der Waals surface area contributed by atoms with Crippen LogP contribution in [0.25, 0.3) is 6.08 Å². The van der Waals surface area contributed by atoms with Crippen molar-refractivity contribution in [2.75, 3.05) is 26.9 Å². The van der Waals surface area contributed by atoms with Gasteiger partial charge in [-0.1, -0.05) is 48.6 Å². The van der Waals surface area contributed by atoms with E-state index < -0.39 is 5.97 Å². The van der Waals surface area contributed by atoms with Crippen LogP contribution in [-0.4, -0.2) is 49.5 Å². The second-order valence-electron chi connectivity index (χ2n) is 6.54. The maximum absolute atomic E-state index is 12.3. The van der Waals surface area contributed by atoms with Gasteiger partial charge in [0.25, 0.3) is 5.91 Å². The summed E-state index contributed by atoms with van der Waals surface area (Å²) in [5.74, 6) is -0.0862. The van der Waals surface area contributed by atoms with E-state index in [1.54, 1.807) is 12.1 Å². The zero-order valence-electron chi connectivity index (χ0n) is 17.0. The predicted octanol–water partition coefficient (Wildman–Crippen LogP) is 3.29. The molecule has 7 nitrogen and oxygen atoms in total. The summed E-state index contributed by atoms with van der Waals surface area (Å²) in [6, 6.07) is 15.0. The summed E-state index contributed by atoms with van der Waals surface area (Å²) < 4.78 is 15.8. The van der Waals surface area contributed by atoms with Crippen molar-refractivity contribution in [3.05, 3.63) is 65.7 Å². The highest BCUT2D eigenvalue weighted by atomic mass is 16.6. The van der Waals surface area contributed by atoms with Gasteiger partial charge in [-0.15, -0.1) is 0 Å². The molecular formula is C23H24N2O5. The van der Waals surface area contributed by atoms with Gasteiger partial charge in [0.1, 0.15) is 0 Å². The summed E-state index contributed by atoms with van der Waals surface area (Å²) in [5.41, 5.74) is 2.77. The van der Waals surface area contributed by atoms with E-state index in [1.165, 1.54) is 12.1 Å². The number of carbonyl (C=O) groups is 2. The molecule has 2 aromatic rings. The maximum Gasteiger partial charge on any atom is 0.344 e. The molecule has 0 atom stereocenters.